The van der Waals surface area contributed by atoms with E-state index in [-0.39, 0.29) is 11.8 Å². The predicted molar refractivity (Wildman–Crippen MR) is 160 cm³/mol. The van der Waals surface area contributed by atoms with Crippen LogP contribution in [0.2, 0.25) is 5.02 Å². The lowest BCUT2D eigenvalue weighted by Gasteiger charge is -2.16. The zero-order valence-electron chi connectivity index (χ0n) is 23.0. The fraction of sp³-hybridized carbons (Fsp3) is 0.152. The first-order valence-corrected chi connectivity index (χ1v) is 13.9. The van der Waals surface area contributed by atoms with Crippen molar-refractivity contribution >= 4 is 46.3 Å². The van der Waals surface area contributed by atoms with Crippen molar-refractivity contribution < 1.29 is 23.9 Å². The largest absolute Gasteiger partial charge is 0.513 e. The van der Waals surface area contributed by atoms with Crippen molar-refractivity contribution in [2.45, 2.75) is 26.3 Å². The second-order valence-corrected chi connectivity index (χ2v) is 10.3. The van der Waals surface area contributed by atoms with Gasteiger partial charge < -0.3 is 14.0 Å². The number of hydrogen-bond donors (Lipinski definition) is 0. The van der Waals surface area contributed by atoms with Crippen molar-refractivity contribution in [3.8, 4) is 16.9 Å². The van der Waals surface area contributed by atoms with Crippen LogP contribution in [0, 0.1) is 0 Å². The second-order valence-electron chi connectivity index (χ2n) is 9.90. The zero-order chi connectivity index (χ0) is 29.4. The topological polar surface area (TPSA) is 90.7 Å². The van der Waals surface area contributed by atoms with Crippen LogP contribution in [-0.2, 0) is 17.7 Å². The van der Waals surface area contributed by atoms with Gasteiger partial charge in [0.15, 0.2) is 0 Å². The predicted octanol–water partition coefficient (Wildman–Crippen LogP) is 7.30. The molecule has 2 heterocycles. The van der Waals surface area contributed by atoms with Crippen LogP contribution < -0.4 is 9.64 Å². The second kappa shape index (κ2) is 11.1. The number of benzene rings is 4. The number of methoxy groups -OCH3 is 1. The van der Waals surface area contributed by atoms with Crippen LogP contribution in [0.1, 0.15) is 45.4 Å². The lowest BCUT2D eigenvalue weighted by atomic mass is 10.0. The Morgan fingerprint density at radius 3 is 2.17 bits per heavy atom. The molecule has 0 N–H and O–H groups in total. The van der Waals surface area contributed by atoms with Crippen LogP contribution in [0.5, 0.6) is 5.75 Å². The first kappa shape index (κ1) is 27.2. The number of ether oxygens (including phenoxy) is 2. The number of fused-ring (bicyclic) bond motifs is 2. The molecule has 0 saturated carbocycles. The standard InChI is InChI=1S/C33H26ClN3O5/c1-3-8-29-35-30-26(34)17-22(37-31(38)24-10-4-5-11-25(24)32(37)39)18-27(30)36(29)19-20-13-15-21(16-14-20)23-9-6-7-12-28(23)42-33(40)41-2/h4-7,9-18H,3,8,19H2,1-2H3. The number of anilines is 1. The Morgan fingerprint density at radius 2 is 1.52 bits per heavy atom. The average molecular weight is 580 g/mol. The molecule has 210 valence electrons. The average Bonchev–Trinajstić information content (AvgIpc) is 3.47. The quantitative estimate of drug-likeness (QED) is 0.114. The van der Waals surface area contributed by atoms with Gasteiger partial charge in [-0.2, -0.15) is 0 Å². The van der Waals surface area contributed by atoms with Gasteiger partial charge in [0.05, 0.1) is 34.5 Å². The summed E-state index contributed by atoms with van der Waals surface area (Å²) >= 11 is 6.72. The molecule has 9 heteroatoms. The van der Waals surface area contributed by atoms with Gasteiger partial charge in [-0.1, -0.05) is 73.1 Å². The van der Waals surface area contributed by atoms with Gasteiger partial charge in [-0.05, 0) is 47.9 Å². The Bertz CT molecular complexity index is 1830. The number of carbonyl (C=O) groups excluding carboxylic acids is 3. The highest BCUT2D eigenvalue weighted by Crippen LogP contribution is 2.36. The number of hydrogen-bond acceptors (Lipinski definition) is 6. The minimum absolute atomic E-state index is 0.368. The number of rotatable bonds is 7. The molecule has 8 nitrogen and oxygen atoms in total. The smallest absolute Gasteiger partial charge is 0.437 e. The maximum Gasteiger partial charge on any atom is 0.513 e. The zero-order valence-corrected chi connectivity index (χ0v) is 23.7. The molecule has 0 spiro atoms. The number of amides is 2. The number of aromatic nitrogens is 2. The maximum atomic E-state index is 13.2. The maximum absolute atomic E-state index is 13.2. The Kier molecular flexibility index (Phi) is 7.22. The molecule has 4 aromatic carbocycles. The van der Waals surface area contributed by atoms with E-state index >= 15 is 0 Å². The molecule has 0 fully saturated rings. The molecule has 2 amide bonds. The molecule has 0 atom stereocenters. The number of carbonyl (C=O) groups is 3. The molecule has 0 saturated heterocycles. The van der Waals surface area contributed by atoms with Gasteiger partial charge >= 0.3 is 6.16 Å². The van der Waals surface area contributed by atoms with Crippen molar-refractivity contribution in [2.75, 3.05) is 12.0 Å². The summed E-state index contributed by atoms with van der Waals surface area (Å²) in [4.78, 5) is 44.1. The molecular formula is C33H26ClN3O5. The summed E-state index contributed by atoms with van der Waals surface area (Å²) in [5, 5.41) is 0.368. The summed E-state index contributed by atoms with van der Waals surface area (Å²) < 4.78 is 12.0. The van der Waals surface area contributed by atoms with E-state index in [1.54, 1.807) is 42.5 Å². The lowest BCUT2D eigenvalue weighted by Crippen LogP contribution is -2.29. The minimum Gasteiger partial charge on any atom is -0.437 e. The summed E-state index contributed by atoms with van der Waals surface area (Å²) in [6, 6.07) is 25.4. The third-order valence-electron chi connectivity index (χ3n) is 7.25. The summed E-state index contributed by atoms with van der Waals surface area (Å²) in [7, 11) is 1.27. The van der Waals surface area contributed by atoms with Gasteiger partial charge in [-0.3, -0.25) is 9.59 Å². The Morgan fingerprint density at radius 1 is 0.881 bits per heavy atom. The van der Waals surface area contributed by atoms with Gasteiger partial charge in [0.1, 0.15) is 17.1 Å². The van der Waals surface area contributed by atoms with E-state index < -0.39 is 6.16 Å². The molecule has 1 aliphatic heterocycles. The first-order valence-electron chi connectivity index (χ1n) is 13.5. The molecule has 0 radical (unpaired) electrons. The van der Waals surface area contributed by atoms with Crippen LogP contribution in [0.4, 0.5) is 10.5 Å². The molecule has 42 heavy (non-hydrogen) atoms. The van der Waals surface area contributed by atoms with Crippen LogP contribution >= 0.6 is 11.6 Å². The van der Waals surface area contributed by atoms with E-state index in [1.807, 2.05) is 42.5 Å². The highest BCUT2D eigenvalue weighted by Gasteiger charge is 2.37. The monoisotopic (exact) mass is 579 g/mol. The number of imidazole rings is 1. The van der Waals surface area contributed by atoms with Gasteiger partial charge in [0.2, 0.25) is 0 Å². The fourth-order valence-electron chi connectivity index (χ4n) is 5.26. The summed E-state index contributed by atoms with van der Waals surface area (Å²) in [6.45, 7) is 2.58. The third-order valence-corrected chi connectivity index (χ3v) is 7.54. The van der Waals surface area contributed by atoms with E-state index in [2.05, 4.69) is 16.2 Å². The highest BCUT2D eigenvalue weighted by molar-refractivity contribution is 6.37. The first-order chi connectivity index (χ1) is 20.4. The number of aryl methyl sites for hydroxylation is 1. The Hall–Kier alpha value is -4.95. The molecule has 0 bridgehead atoms. The molecule has 1 aliphatic rings. The van der Waals surface area contributed by atoms with E-state index in [0.717, 1.165) is 40.9 Å². The van der Waals surface area contributed by atoms with Gasteiger partial charge in [-0.15, -0.1) is 0 Å². The Balaban J connectivity index is 1.36. The highest BCUT2D eigenvalue weighted by atomic mass is 35.5. The van der Waals surface area contributed by atoms with Gasteiger partial charge in [0, 0.05) is 18.5 Å². The van der Waals surface area contributed by atoms with Crippen molar-refractivity contribution in [3.05, 3.63) is 112 Å². The summed E-state index contributed by atoms with van der Waals surface area (Å²) in [5.74, 6) is 0.504. The van der Waals surface area contributed by atoms with Crippen LogP contribution in [0.15, 0.2) is 84.9 Å². The van der Waals surface area contributed by atoms with Crippen molar-refractivity contribution in [3.63, 3.8) is 0 Å². The number of halogens is 1. The molecule has 5 aromatic rings. The van der Waals surface area contributed by atoms with E-state index in [1.165, 1.54) is 12.0 Å². The van der Waals surface area contributed by atoms with Crippen molar-refractivity contribution in [1.29, 1.82) is 0 Å². The van der Waals surface area contributed by atoms with Crippen molar-refractivity contribution in [1.82, 2.24) is 9.55 Å². The van der Waals surface area contributed by atoms with Crippen LogP contribution in [0.3, 0.4) is 0 Å². The van der Waals surface area contributed by atoms with Crippen LogP contribution in [-0.4, -0.2) is 34.6 Å². The molecular weight excluding hydrogens is 554 g/mol. The molecule has 0 unspecified atom stereocenters. The van der Waals surface area contributed by atoms with E-state index in [9.17, 15) is 14.4 Å². The van der Waals surface area contributed by atoms with Crippen molar-refractivity contribution in [2.24, 2.45) is 0 Å². The summed E-state index contributed by atoms with van der Waals surface area (Å²) in [6.07, 6.45) is 0.819. The number of nitrogens with zero attached hydrogens (tertiary/aromatic N) is 3. The van der Waals surface area contributed by atoms with Gasteiger partial charge in [0.25, 0.3) is 11.8 Å². The van der Waals surface area contributed by atoms with Crippen LogP contribution in [0.25, 0.3) is 22.2 Å². The van der Waals surface area contributed by atoms with E-state index in [4.69, 9.17) is 21.3 Å². The molecule has 0 aliphatic carbocycles. The summed E-state index contributed by atoms with van der Waals surface area (Å²) in [5.41, 5.74) is 5.13. The third kappa shape index (κ3) is 4.80. The lowest BCUT2D eigenvalue weighted by molar-refractivity contribution is 0.0925. The minimum atomic E-state index is -0.784. The fourth-order valence-corrected chi connectivity index (χ4v) is 5.51. The molecule has 6 rings (SSSR count). The SMILES string of the molecule is CCCc1nc2c(Cl)cc(N3C(=O)c4ccccc4C3=O)cc2n1Cc1ccc(-c2ccccc2OC(=O)OC)cc1. The van der Waals surface area contributed by atoms with E-state index in [0.29, 0.717) is 39.6 Å². The Labute approximate surface area is 247 Å². The van der Waals surface area contributed by atoms with Gasteiger partial charge in [-0.25, -0.2) is 14.7 Å². The number of para-hydroxylation sites is 1. The number of imide groups is 1. The normalized spacial score (nSPS) is 12.6. The molecule has 1 aromatic heterocycles.